The first-order valence-corrected chi connectivity index (χ1v) is 10.8. The van der Waals surface area contributed by atoms with Crippen molar-refractivity contribution in [2.45, 2.75) is 19.0 Å². The van der Waals surface area contributed by atoms with Gasteiger partial charge in [0, 0.05) is 42.5 Å². The summed E-state index contributed by atoms with van der Waals surface area (Å²) in [4.78, 5) is 21.4. The van der Waals surface area contributed by atoms with E-state index in [4.69, 9.17) is 16.3 Å². The lowest BCUT2D eigenvalue weighted by molar-refractivity contribution is 0.198. The average Bonchev–Trinajstić information content (AvgIpc) is 3.25. The van der Waals surface area contributed by atoms with Crippen LogP contribution in [0.5, 0.6) is 5.75 Å². The van der Waals surface area contributed by atoms with Gasteiger partial charge in [-0.3, -0.25) is 4.68 Å². The fourth-order valence-corrected chi connectivity index (χ4v) is 3.41. The molecule has 3 N–H and O–H groups in total. The maximum Gasteiger partial charge on any atom is 0.413 e. The van der Waals surface area contributed by atoms with Gasteiger partial charge in [-0.15, -0.1) is 0 Å². The van der Waals surface area contributed by atoms with E-state index in [-0.39, 0.29) is 23.4 Å². The number of aromatic nitrogens is 4. The molecule has 176 valence electrons. The number of hydrogen-bond acceptors (Lipinski definition) is 7. The lowest BCUT2D eigenvalue weighted by Gasteiger charge is -2.18. The Kier molecular flexibility index (Phi) is 6.90. The summed E-state index contributed by atoms with van der Waals surface area (Å²) in [6.07, 6.45) is 4.18. The van der Waals surface area contributed by atoms with E-state index in [1.807, 2.05) is 0 Å². The first kappa shape index (κ1) is 23.4. The summed E-state index contributed by atoms with van der Waals surface area (Å²) >= 11 is 5.81. The third-order valence-corrected chi connectivity index (χ3v) is 5.32. The van der Waals surface area contributed by atoms with E-state index < -0.39 is 18.0 Å². The Balaban J connectivity index is 1.55. The van der Waals surface area contributed by atoms with E-state index >= 15 is 0 Å². The van der Waals surface area contributed by atoms with Gasteiger partial charge in [0.15, 0.2) is 0 Å². The van der Waals surface area contributed by atoms with Crippen LogP contribution in [0.1, 0.15) is 24.1 Å². The van der Waals surface area contributed by atoms with Crippen molar-refractivity contribution in [3.05, 3.63) is 77.0 Å². The lowest BCUT2D eigenvalue weighted by Crippen LogP contribution is -2.31. The monoisotopic (exact) mass is 484 g/mol. The third kappa shape index (κ3) is 5.41. The molecule has 0 saturated carbocycles. The molecule has 0 aliphatic heterocycles. The van der Waals surface area contributed by atoms with E-state index in [1.165, 1.54) is 12.1 Å². The fourth-order valence-electron chi connectivity index (χ4n) is 3.30. The highest BCUT2D eigenvalue weighted by Crippen LogP contribution is 2.26. The van der Waals surface area contributed by atoms with Gasteiger partial charge in [0.2, 0.25) is 5.95 Å². The molecule has 2 atom stereocenters. The standard InChI is InChI=1S/C23H22ClFN6O3/c1-13(12-32)28-22-26-9-15-3-5-17(8-20(15)29-22)34-23(33)30-21(16-10-27-31(2)11-16)14-4-6-18(24)19(25)7-14/h3-11,13,21,32H,12H2,1-2H3,(H,30,33)(H,26,28,29)/t13-,21+/m0/s1. The molecule has 0 bridgehead atoms. The number of carbonyl (C=O) groups is 1. The van der Waals surface area contributed by atoms with Crippen LogP contribution in [0.2, 0.25) is 5.02 Å². The average molecular weight is 485 g/mol. The van der Waals surface area contributed by atoms with Gasteiger partial charge in [-0.05, 0) is 36.8 Å². The second-order valence-corrected chi connectivity index (χ2v) is 8.14. The van der Waals surface area contributed by atoms with E-state index in [1.54, 1.807) is 61.5 Å². The number of nitrogens with one attached hydrogen (secondary N) is 2. The summed E-state index contributed by atoms with van der Waals surface area (Å²) in [5, 5.41) is 19.8. The number of nitrogens with zero attached hydrogens (tertiary/aromatic N) is 4. The molecule has 0 saturated heterocycles. The molecule has 4 aromatic rings. The summed E-state index contributed by atoms with van der Waals surface area (Å²) in [6.45, 7) is 1.73. The van der Waals surface area contributed by atoms with Crippen molar-refractivity contribution < 1.29 is 19.0 Å². The third-order valence-electron chi connectivity index (χ3n) is 5.01. The van der Waals surface area contributed by atoms with Gasteiger partial charge >= 0.3 is 6.09 Å². The molecule has 0 spiro atoms. The number of rotatable bonds is 7. The predicted octanol–water partition coefficient (Wildman–Crippen LogP) is 3.83. The summed E-state index contributed by atoms with van der Waals surface area (Å²) in [6, 6.07) is 8.32. The smallest absolute Gasteiger partial charge is 0.410 e. The molecule has 34 heavy (non-hydrogen) atoms. The summed E-state index contributed by atoms with van der Waals surface area (Å²) in [7, 11) is 1.74. The van der Waals surface area contributed by atoms with E-state index in [2.05, 4.69) is 25.7 Å². The second kappa shape index (κ2) is 10.0. The van der Waals surface area contributed by atoms with Gasteiger partial charge in [-0.1, -0.05) is 17.7 Å². The Morgan fingerprint density at radius 2 is 2.06 bits per heavy atom. The fraction of sp³-hybridized carbons (Fsp3) is 0.217. The summed E-state index contributed by atoms with van der Waals surface area (Å²) in [5.74, 6) is 0.00602. The highest BCUT2D eigenvalue weighted by molar-refractivity contribution is 6.30. The Labute approximate surface area is 199 Å². The van der Waals surface area contributed by atoms with Gasteiger partial charge in [-0.25, -0.2) is 19.2 Å². The first-order valence-electron chi connectivity index (χ1n) is 10.4. The van der Waals surface area contributed by atoms with E-state index in [9.17, 15) is 14.3 Å². The molecule has 0 fully saturated rings. The zero-order valence-electron chi connectivity index (χ0n) is 18.4. The molecule has 0 aliphatic carbocycles. The van der Waals surface area contributed by atoms with Crippen LogP contribution in [-0.4, -0.2) is 43.6 Å². The van der Waals surface area contributed by atoms with Crippen molar-refractivity contribution in [3.8, 4) is 5.75 Å². The number of aliphatic hydroxyl groups is 1. The molecular formula is C23H22ClFN6O3. The van der Waals surface area contributed by atoms with Crippen molar-refractivity contribution in [1.29, 1.82) is 0 Å². The zero-order chi connectivity index (χ0) is 24.2. The number of anilines is 1. The SMILES string of the molecule is C[C@@H](CO)Nc1ncc2ccc(OC(=O)N[C@H](c3ccc(Cl)c(F)c3)c3cnn(C)c3)cc2n1. The highest BCUT2D eigenvalue weighted by atomic mass is 35.5. The van der Waals surface area contributed by atoms with Gasteiger partial charge in [0.1, 0.15) is 11.6 Å². The van der Waals surface area contributed by atoms with Crippen LogP contribution in [-0.2, 0) is 7.05 Å². The molecule has 0 unspecified atom stereocenters. The number of ether oxygens (including phenoxy) is 1. The van der Waals surface area contributed by atoms with Crippen molar-refractivity contribution in [2.24, 2.45) is 7.05 Å². The molecule has 11 heteroatoms. The molecule has 9 nitrogen and oxygen atoms in total. The minimum atomic E-state index is -0.745. The Bertz CT molecular complexity index is 1330. The van der Waals surface area contributed by atoms with Crippen LogP contribution in [0.4, 0.5) is 15.1 Å². The molecule has 2 aromatic carbocycles. The molecule has 0 aliphatic rings. The Morgan fingerprint density at radius 3 is 2.76 bits per heavy atom. The topological polar surface area (TPSA) is 114 Å². The highest BCUT2D eigenvalue weighted by Gasteiger charge is 2.21. The normalized spacial score (nSPS) is 12.9. The zero-order valence-corrected chi connectivity index (χ0v) is 19.1. The van der Waals surface area contributed by atoms with Gasteiger partial charge in [0.05, 0.1) is 29.4 Å². The predicted molar refractivity (Wildman–Crippen MR) is 125 cm³/mol. The molecular weight excluding hydrogens is 463 g/mol. The van der Waals surface area contributed by atoms with Gasteiger partial charge in [0.25, 0.3) is 0 Å². The molecule has 2 heterocycles. The van der Waals surface area contributed by atoms with Gasteiger partial charge in [-0.2, -0.15) is 5.10 Å². The van der Waals surface area contributed by atoms with Crippen molar-refractivity contribution in [1.82, 2.24) is 25.1 Å². The van der Waals surface area contributed by atoms with Crippen LogP contribution in [0.3, 0.4) is 0 Å². The number of carbonyl (C=O) groups excluding carboxylic acids is 1. The lowest BCUT2D eigenvalue weighted by atomic mass is 10.0. The Hall–Kier alpha value is -3.76. The number of halogens is 2. The number of fused-ring (bicyclic) bond motifs is 1. The van der Waals surface area contributed by atoms with Crippen LogP contribution < -0.4 is 15.4 Å². The second-order valence-electron chi connectivity index (χ2n) is 7.73. The van der Waals surface area contributed by atoms with Crippen LogP contribution in [0.15, 0.2) is 55.0 Å². The number of aryl methyl sites for hydroxylation is 1. The minimum absolute atomic E-state index is 0.0170. The molecule has 4 rings (SSSR count). The molecule has 2 aromatic heterocycles. The quantitative estimate of drug-likeness (QED) is 0.365. The van der Waals surface area contributed by atoms with Crippen molar-refractivity contribution >= 4 is 34.5 Å². The molecule has 1 amide bonds. The summed E-state index contributed by atoms with van der Waals surface area (Å²) in [5.41, 5.74) is 1.67. The minimum Gasteiger partial charge on any atom is -0.410 e. The van der Waals surface area contributed by atoms with Gasteiger partial charge < -0.3 is 20.5 Å². The number of aliphatic hydroxyl groups excluding tert-OH is 1. The van der Waals surface area contributed by atoms with Crippen LogP contribution >= 0.6 is 11.6 Å². The van der Waals surface area contributed by atoms with E-state index in [0.717, 1.165) is 5.39 Å². The maximum atomic E-state index is 14.1. The van der Waals surface area contributed by atoms with Crippen LogP contribution in [0, 0.1) is 5.82 Å². The first-order chi connectivity index (χ1) is 16.3. The van der Waals surface area contributed by atoms with Crippen LogP contribution in [0.25, 0.3) is 10.9 Å². The largest absolute Gasteiger partial charge is 0.413 e. The molecule has 0 radical (unpaired) electrons. The van der Waals surface area contributed by atoms with Crippen molar-refractivity contribution in [2.75, 3.05) is 11.9 Å². The van der Waals surface area contributed by atoms with E-state index in [0.29, 0.717) is 22.6 Å². The number of amides is 1. The summed E-state index contributed by atoms with van der Waals surface area (Å²) < 4.78 is 21.2. The maximum absolute atomic E-state index is 14.1. The number of benzene rings is 2. The van der Waals surface area contributed by atoms with Crippen molar-refractivity contribution in [3.63, 3.8) is 0 Å². The number of hydrogen-bond donors (Lipinski definition) is 3. The Morgan fingerprint density at radius 1 is 1.24 bits per heavy atom.